The number of thiocarbonyl (C=S) groups is 1. The van der Waals surface area contributed by atoms with Gasteiger partial charge in [-0.1, -0.05) is 18.3 Å². The quantitative estimate of drug-likeness (QED) is 0.780. The Hall–Kier alpha value is -1.80. The van der Waals surface area contributed by atoms with E-state index in [1.165, 1.54) is 17.0 Å². The van der Waals surface area contributed by atoms with Crippen LogP contribution in [0.25, 0.3) is 0 Å². The number of ether oxygens (including phenoxy) is 1. The van der Waals surface area contributed by atoms with Crippen LogP contribution in [0.4, 0.5) is 14.5 Å². The molecular formula is C17H23F2N3O2S. The molecule has 138 valence electrons. The number of likely N-dealkylation sites (N-methyl/N-ethyl adjacent to an activating group) is 1. The predicted octanol–water partition coefficient (Wildman–Crippen LogP) is 2.70. The fourth-order valence-electron chi connectivity index (χ4n) is 2.80. The van der Waals surface area contributed by atoms with Gasteiger partial charge in [0, 0.05) is 23.8 Å². The van der Waals surface area contributed by atoms with Crippen molar-refractivity contribution >= 4 is 28.8 Å². The number of benzene rings is 1. The first-order valence-corrected chi connectivity index (χ1v) is 8.38. The number of anilines is 1. The molecule has 0 aliphatic carbocycles. The maximum atomic E-state index is 13.1. The Morgan fingerprint density at radius 1 is 1.40 bits per heavy atom. The minimum Gasteiger partial charge on any atom is -0.435 e. The third-order valence-corrected chi connectivity index (χ3v) is 4.43. The van der Waals surface area contributed by atoms with E-state index in [1.54, 1.807) is 19.2 Å². The smallest absolute Gasteiger partial charge is 0.387 e. The Morgan fingerprint density at radius 2 is 2.08 bits per heavy atom. The minimum atomic E-state index is -2.91. The first kappa shape index (κ1) is 19.5. The van der Waals surface area contributed by atoms with Crippen LogP contribution in [-0.2, 0) is 4.79 Å². The molecule has 1 heterocycles. The molecule has 1 aromatic carbocycles. The highest BCUT2D eigenvalue weighted by Crippen LogP contribution is 2.31. The Labute approximate surface area is 151 Å². The van der Waals surface area contributed by atoms with E-state index in [0.29, 0.717) is 23.6 Å². The summed E-state index contributed by atoms with van der Waals surface area (Å²) in [6.45, 7) is 3.40. The molecular weight excluding hydrogens is 348 g/mol. The van der Waals surface area contributed by atoms with Crippen molar-refractivity contribution in [2.45, 2.75) is 44.9 Å². The van der Waals surface area contributed by atoms with Gasteiger partial charge in [0.15, 0.2) is 5.54 Å². The van der Waals surface area contributed by atoms with Gasteiger partial charge in [0.05, 0.1) is 0 Å². The molecule has 1 fully saturated rings. The number of rotatable bonds is 5. The van der Waals surface area contributed by atoms with Gasteiger partial charge < -0.3 is 20.3 Å². The van der Waals surface area contributed by atoms with Crippen molar-refractivity contribution in [3.8, 4) is 5.75 Å². The molecule has 0 spiro atoms. The lowest BCUT2D eigenvalue weighted by Gasteiger charge is -2.33. The molecule has 25 heavy (non-hydrogen) atoms. The lowest BCUT2D eigenvalue weighted by molar-refractivity contribution is -0.120. The van der Waals surface area contributed by atoms with Gasteiger partial charge in [0.1, 0.15) is 10.7 Å². The summed E-state index contributed by atoms with van der Waals surface area (Å²) >= 11 is 5.49. The van der Waals surface area contributed by atoms with E-state index in [9.17, 15) is 13.6 Å². The highest BCUT2D eigenvalue weighted by atomic mass is 32.1. The molecule has 5 nitrogen and oxygen atoms in total. The van der Waals surface area contributed by atoms with Crippen LogP contribution < -0.4 is 20.3 Å². The number of nitrogens with zero attached hydrogens (tertiary/aromatic N) is 1. The molecule has 2 N–H and O–H groups in total. The Balaban J connectivity index is 2.26. The van der Waals surface area contributed by atoms with E-state index < -0.39 is 12.2 Å². The van der Waals surface area contributed by atoms with Gasteiger partial charge in [-0.15, -0.1) is 0 Å². The summed E-state index contributed by atoms with van der Waals surface area (Å²) in [5.41, 5.74) is -0.791. The third-order valence-electron chi connectivity index (χ3n) is 3.98. The molecule has 1 unspecified atom stereocenters. The Morgan fingerprint density at radius 3 is 2.64 bits per heavy atom. The molecule has 0 aromatic heterocycles. The fraction of sp³-hybridized carbons (Fsp3) is 0.529. The van der Waals surface area contributed by atoms with Crippen molar-refractivity contribution in [2.24, 2.45) is 0 Å². The largest absolute Gasteiger partial charge is 0.435 e. The lowest BCUT2D eigenvalue weighted by Crippen LogP contribution is -2.62. The SMILES string of the molecule is CNC1(C(=S)NC(C)(C)C)CCN(c2cccc(OC(F)F)c2)C1=O. The maximum absolute atomic E-state index is 13.1. The monoisotopic (exact) mass is 371 g/mol. The average molecular weight is 371 g/mol. The molecule has 0 saturated carbocycles. The first-order chi connectivity index (χ1) is 11.6. The van der Waals surface area contributed by atoms with Crippen LogP contribution in [0.2, 0.25) is 0 Å². The van der Waals surface area contributed by atoms with Gasteiger partial charge in [-0.3, -0.25) is 4.79 Å². The molecule has 1 aliphatic rings. The van der Waals surface area contributed by atoms with Gasteiger partial charge in [0.2, 0.25) is 0 Å². The maximum Gasteiger partial charge on any atom is 0.387 e. The van der Waals surface area contributed by atoms with E-state index in [-0.39, 0.29) is 17.2 Å². The standard InChI is InChI=1S/C17H23F2N3O2S/c1-16(2,3)21-13(25)17(20-4)8-9-22(14(17)23)11-6-5-7-12(10-11)24-15(18)19/h5-7,10,15,20H,8-9H2,1-4H3,(H,21,25). The van der Waals surface area contributed by atoms with Crippen LogP contribution >= 0.6 is 12.2 Å². The van der Waals surface area contributed by atoms with E-state index >= 15 is 0 Å². The number of nitrogens with one attached hydrogen (secondary N) is 2. The van der Waals surface area contributed by atoms with Crippen LogP contribution in [0.15, 0.2) is 24.3 Å². The number of carbonyl (C=O) groups excluding carboxylic acids is 1. The van der Waals surface area contributed by atoms with E-state index in [4.69, 9.17) is 12.2 Å². The van der Waals surface area contributed by atoms with Gasteiger partial charge in [0.25, 0.3) is 5.91 Å². The second kappa shape index (κ2) is 7.21. The average Bonchev–Trinajstić information content (AvgIpc) is 2.83. The summed E-state index contributed by atoms with van der Waals surface area (Å²) in [7, 11) is 1.69. The molecule has 1 amide bonds. The van der Waals surface area contributed by atoms with Crippen molar-refractivity contribution in [3.63, 3.8) is 0 Å². The number of alkyl halides is 2. The summed E-state index contributed by atoms with van der Waals surface area (Å²) in [6.07, 6.45) is 0.476. The van der Waals surface area contributed by atoms with Crippen LogP contribution in [-0.4, -0.2) is 42.2 Å². The van der Waals surface area contributed by atoms with Crippen LogP contribution in [0.5, 0.6) is 5.75 Å². The van der Waals surface area contributed by atoms with Gasteiger partial charge in [-0.25, -0.2) is 0 Å². The summed E-state index contributed by atoms with van der Waals surface area (Å²) in [5, 5.41) is 6.24. The minimum absolute atomic E-state index is 0.0117. The van der Waals surface area contributed by atoms with Crippen molar-refractivity contribution in [1.82, 2.24) is 10.6 Å². The molecule has 0 bridgehead atoms. The number of amides is 1. The highest BCUT2D eigenvalue weighted by Gasteiger charge is 2.50. The molecule has 1 atom stereocenters. The van der Waals surface area contributed by atoms with Crippen molar-refractivity contribution in [1.29, 1.82) is 0 Å². The van der Waals surface area contributed by atoms with Crippen LogP contribution in [0, 0.1) is 0 Å². The zero-order valence-corrected chi connectivity index (χ0v) is 15.5. The molecule has 1 aliphatic heterocycles. The summed E-state index contributed by atoms with van der Waals surface area (Å²) in [4.78, 5) is 15.0. The predicted molar refractivity (Wildman–Crippen MR) is 97.3 cm³/mol. The summed E-state index contributed by atoms with van der Waals surface area (Å²) < 4.78 is 29.2. The molecule has 1 aromatic rings. The molecule has 2 rings (SSSR count). The fourth-order valence-corrected chi connectivity index (χ4v) is 3.39. The summed E-state index contributed by atoms with van der Waals surface area (Å²) in [5.74, 6) is -0.205. The Kier molecular flexibility index (Phi) is 5.63. The highest BCUT2D eigenvalue weighted by molar-refractivity contribution is 7.80. The lowest BCUT2D eigenvalue weighted by atomic mass is 9.95. The molecule has 1 saturated heterocycles. The molecule has 8 heteroatoms. The third kappa shape index (κ3) is 4.24. The zero-order valence-electron chi connectivity index (χ0n) is 14.7. The second-order valence-electron chi connectivity index (χ2n) is 6.94. The second-order valence-corrected chi connectivity index (χ2v) is 7.35. The Bertz CT molecular complexity index is 664. The van der Waals surface area contributed by atoms with E-state index in [2.05, 4.69) is 15.4 Å². The van der Waals surface area contributed by atoms with Crippen molar-refractivity contribution < 1.29 is 18.3 Å². The molecule has 0 radical (unpaired) electrons. The van der Waals surface area contributed by atoms with Gasteiger partial charge in [-0.2, -0.15) is 8.78 Å². The van der Waals surface area contributed by atoms with Gasteiger partial charge in [-0.05, 0) is 46.4 Å². The van der Waals surface area contributed by atoms with Crippen molar-refractivity contribution in [2.75, 3.05) is 18.5 Å². The zero-order chi connectivity index (χ0) is 18.8. The van der Waals surface area contributed by atoms with Crippen LogP contribution in [0.3, 0.4) is 0 Å². The first-order valence-electron chi connectivity index (χ1n) is 7.97. The number of halogens is 2. The van der Waals surface area contributed by atoms with E-state index in [1.807, 2.05) is 20.8 Å². The van der Waals surface area contributed by atoms with Crippen LogP contribution in [0.1, 0.15) is 27.2 Å². The van der Waals surface area contributed by atoms with E-state index in [0.717, 1.165) is 0 Å². The summed E-state index contributed by atoms with van der Waals surface area (Å²) in [6, 6.07) is 6.11. The topological polar surface area (TPSA) is 53.6 Å². The number of hydrogen-bond donors (Lipinski definition) is 2. The number of hydrogen-bond acceptors (Lipinski definition) is 4. The normalized spacial score (nSPS) is 20.9. The van der Waals surface area contributed by atoms with Gasteiger partial charge >= 0.3 is 6.61 Å². The number of carbonyl (C=O) groups is 1. The van der Waals surface area contributed by atoms with Crippen molar-refractivity contribution in [3.05, 3.63) is 24.3 Å².